The predicted octanol–water partition coefficient (Wildman–Crippen LogP) is 1.63. The summed E-state index contributed by atoms with van der Waals surface area (Å²) in [5.74, 6) is 0.131. The van der Waals surface area contributed by atoms with E-state index in [9.17, 15) is 9.59 Å². The smallest absolute Gasteiger partial charge is 0.326 e. The van der Waals surface area contributed by atoms with Crippen LogP contribution in [-0.2, 0) is 4.79 Å². The van der Waals surface area contributed by atoms with Gasteiger partial charge < -0.3 is 14.9 Å². The van der Waals surface area contributed by atoms with Gasteiger partial charge in [0.1, 0.15) is 6.04 Å². The Hall–Kier alpha value is -1.26. The van der Waals surface area contributed by atoms with E-state index in [1.807, 2.05) is 4.90 Å². The number of carbonyl (C=O) groups excluding carboxylic acids is 1. The summed E-state index contributed by atoms with van der Waals surface area (Å²) in [7, 11) is 0. The van der Waals surface area contributed by atoms with Crippen molar-refractivity contribution in [3.05, 3.63) is 0 Å². The van der Waals surface area contributed by atoms with E-state index in [1.54, 1.807) is 0 Å². The van der Waals surface area contributed by atoms with Crippen LogP contribution in [-0.4, -0.2) is 52.6 Å². The van der Waals surface area contributed by atoms with Crippen LogP contribution in [0.25, 0.3) is 0 Å². The number of rotatable bonds is 1. The molecule has 0 aromatic carbocycles. The summed E-state index contributed by atoms with van der Waals surface area (Å²) < 4.78 is 0. The Morgan fingerprint density at radius 1 is 1.17 bits per heavy atom. The molecule has 2 rings (SSSR count). The number of carboxylic acids is 1. The van der Waals surface area contributed by atoms with E-state index in [0.29, 0.717) is 24.8 Å². The van der Waals surface area contributed by atoms with Crippen molar-refractivity contribution < 1.29 is 14.7 Å². The highest BCUT2D eigenvalue weighted by atomic mass is 16.4. The molecule has 0 radical (unpaired) electrons. The number of hydrogen-bond donors (Lipinski definition) is 1. The third kappa shape index (κ3) is 2.60. The lowest BCUT2D eigenvalue weighted by atomic mass is 9.92. The van der Waals surface area contributed by atoms with E-state index >= 15 is 0 Å². The fourth-order valence-electron chi connectivity index (χ4n) is 3.25. The Kier molecular flexibility index (Phi) is 3.78. The summed E-state index contributed by atoms with van der Waals surface area (Å²) in [6.07, 6.45) is 2.52. The van der Waals surface area contributed by atoms with Gasteiger partial charge in [-0.15, -0.1) is 0 Å². The van der Waals surface area contributed by atoms with Crippen molar-refractivity contribution in [3.63, 3.8) is 0 Å². The number of hydrogen-bond acceptors (Lipinski definition) is 2. The largest absolute Gasteiger partial charge is 0.480 e. The van der Waals surface area contributed by atoms with Gasteiger partial charge in [0.25, 0.3) is 0 Å². The molecule has 2 heterocycles. The normalized spacial score (nSPS) is 32.7. The van der Waals surface area contributed by atoms with Gasteiger partial charge >= 0.3 is 12.0 Å². The molecule has 2 fully saturated rings. The quantitative estimate of drug-likeness (QED) is 0.773. The van der Waals surface area contributed by atoms with Gasteiger partial charge in [-0.05, 0) is 31.1 Å². The summed E-state index contributed by atoms with van der Waals surface area (Å²) in [5, 5.41) is 9.12. The van der Waals surface area contributed by atoms with Crippen LogP contribution in [0.4, 0.5) is 4.79 Å². The first-order valence-electron chi connectivity index (χ1n) is 6.77. The number of carbonyl (C=O) groups is 2. The molecule has 0 bridgehead atoms. The number of likely N-dealkylation sites (tertiary alicyclic amines) is 2. The van der Waals surface area contributed by atoms with E-state index in [0.717, 1.165) is 25.9 Å². The average Bonchev–Trinajstić information content (AvgIpc) is 2.75. The van der Waals surface area contributed by atoms with Gasteiger partial charge in [0, 0.05) is 19.6 Å². The number of piperidine rings is 1. The maximum atomic E-state index is 12.4. The number of urea groups is 1. The fraction of sp³-hybridized carbons (Fsp3) is 0.846. The third-order valence-electron chi connectivity index (χ3n) is 3.92. The van der Waals surface area contributed by atoms with Gasteiger partial charge in [-0.1, -0.05) is 13.8 Å². The fourth-order valence-corrected chi connectivity index (χ4v) is 3.25. The SMILES string of the molecule is CC1CC(C)CN(C(=O)N2CCC[C@H]2C(=O)O)C1. The van der Waals surface area contributed by atoms with Crippen molar-refractivity contribution in [1.82, 2.24) is 9.80 Å². The van der Waals surface area contributed by atoms with Gasteiger partial charge in [-0.2, -0.15) is 0 Å². The minimum Gasteiger partial charge on any atom is -0.480 e. The van der Waals surface area contributed by atoms with Crippen molar-refractivity contribution in [2.45, 2.75) is 39.2 Å². The summed E-state index contributed by atoms with van der Waals surface area (Å²) in [6.45, 7) is 6.39. The molecule has 2 aliphatic rings. The number of aliphatic carboxylic acids is 1. The van der Waals surface area contributed by atoms with Gasteiger partial charge in [0.2, 0.25) is 0 Å². The van der Waals surface area contributed by atoms with Crippen LogP contribution in [0.15, 0.2) is 0 Å². The first-order valence-corrected chi connectivity index (χ1v) is 6.77. The van der Waals surface area contributed by atoms with E-state index < -0.39 is 12.0 Å². The van der Waals surface area contributed by atoms with Crippen molar-refractivity contribution in [2.24, 2.45) is 11.8 Å². The van der Waals surface area contributed by atoms with Crippen LogP contribution >= 0.6 is 0 Å². The second-order valence-corrected chi connectivity index (χ2v) is 5.82. The molecule has 0 aliphatic carbocycles. The highest BCUT2D eigenvalue weighted by Gasteiger charge is 2.37. The highest BCUT2D eigenvalue weighted by Crippen LogP contribution is 2.25. The first kappa shape index (κ1) is 13.2. The van der Waals surface area contributed by atoms with E-state index in [4.69, 9.17) is 5.11 Å². The van der Waals surface area contributed by atoms with E-state index in [2.05, 4.69) is 13.8 Å². The maximum Gasteiger partial charge on any atom is 0.326 e. The molecule has 102 valence electrons. The Balaban J connectivity index is 2.04. The zero-order valence-corrected chi connectivity index (χ0v) is 11.1. The molecule has 5 heteroatoms. The lowest BCUT2D eigenvalue weighted by Gasteiger charge is -2.38. The molecule has 1 N–H and O–H groups in total. The summed E-state index contributed by atoms with van der Waals surface area (Å²) in [6, 6.07) is -0.705. The lowest BCUT2D eigenvalue weighted by molar-refractivity contribution is -0.141. The zero-order chi connectivity index (χ0) is 13.3. The molecule has 0 spiro atoms. The second kappa shape index (κ2) is 5.16. The Morgan fingerprint density at radius 3 is 2.33 bits per heavy atom. The summed E-state index contributed by atoms with van der Waals surface area (Å²) >= 11 is 0. The Labute approximate surface area is 108 Å². The Bertz CT molecular complexity index is 335. The number of amides is 2. The van der Waals surface area contributed by atoms with Crippen molar-refractivity contribution in [1.29, 1.82) is 0 Å². The minimum atomic E-state index is -0.876. The molecule has 2 saturated heterocycles. The number of carboxylic acid groups (broad SMARTS) is 1. The van der Waals surface area contributed by atoms with Crippen LogP contribution in [0.2, 0.25) is 0 Å². The van der Waals surface area contributed by atoms with Gasteiger partial charge in [-0.25, -0.2) is 9.59 Å². The van der Waals surface area contributed by atoms with Crippen LogP contribution in [0, 0.1) is 11.8 Å². The van der Waals surface area contributed by atoms with Crippen LogP contribution in [0.3, 0.4) is 0 Å². The van der Waals surface area contributed by atoms with Crippen molar-refractivity contribution in [3.8, 4) is 0 Å². The number of nitrogens with zero attached hydrogens (tertiary/aromatic N) is 2. The van der Waals surface area contributed by atoms with Gasteiger partial charge in [0.15, 0.2) is 0 Å². The first-order chi connectivity index (χ1) is 8.49. The van der Waals surface area contributed by atoms with Crippen LogP contribution in [0.1, 0.15) is 33.1 Å². The predicted molar refractivity (Wildman–Crippen MR) is 67.3 cm³/mol. The molecule has 3 atom stereocenters. The average molecular weight is 254 g/mol. The molecular weight excluding hydrogens is 232 g/mol. The molecule has 2 amide bonds. The molecule has 2 unspecified atom stereocenters. The Morgan fingerprint density at radius 2 is 1.78 bits per heavy atom. The molecule has 18 heavy (non-hydrogen) atoms. The zero-order valence-electron chi connectivity index (χ0n) is 11.1. The molecule has 0 saturated carbocycles. The third-order valence-corrected chi connectivity index (χ3v) is 3.92. The van der Waals surface area contributed by atoms with Gasteiger partial charge in [0.05, 0.1) is 0 Å². The van der Waals surface area contributed by atoms with Crippen molar-refractivity contribution >= 4 is 12.0 Å². The maximum absolute atomic E-state index is 12.4. The standard InChI is InChI=1S/C13H22N2O3/c1-9-6-10(2)8-14(7-9)13(18)15-5-3-4-11(15)12(16)17/h9-11H,3-8H2,1-2H3,(H,16,17)/t9?,10?,11-/m0/s1. The molecule has 0 aromatic rings. The topological polar surface area (TPSA) is 60.9 Å². The monoisotopic (exact) mass is 254 g/mol. The molecule has 2 aliphatic heterocycles. The highest BCUT2D eigenvalue weighted by molar-refractivity contribution is 5.83. The van der Waals surface area contributed by atoms with Crippen LogP contribution < -0.4 is 0 Å². The molecule has 0 aromatic heterocycles. The second-order valence-electron chi connectivity index (χ2n) is 5.82. The van der Waals surface area contributed by atoms with Crippen molar-refractivity contribution in [2.75, 3.05) is 19.6 Å². The van der Waals surface area contributed by atoms with E-state index in [1.165, 1.54) is 4.90 Å². The summed E-state index contributed by atoms with van der Waals surface area (Å²) in [4.78, 5) is 26.9. The lowest BCUT2D eigenvalue weighted by Crippen LogP contribution is -2.52. The van der Waals surface area contributed by atoms with E-state index in [-0.39, 0.29) is 6.03 Å². The molecule has 5 nitrogen and oxygen atoms in total. The summed E-state index contributed by atoms with van der Waals surface area (Å²) in [5.41, 5.74) is 0. The van der Waals surface area contributed by atoms with Gasteiger partial charge in [-0.3, -0.25) is 0 Å². The minimum absolute atomic E-state index is 0.0849. The van der Waals surface area contributed by atoms with Crippen LogP contribution in [0.5, 0.6) is 0 Å². The molecular formula is C13H22N2O3.